The van der Waals surface area contributed by atoms with Crippen molar-refractivity contribution in [2.75, 3.05) is 27.3 Å². The Morgan fingerprint density at radius 3 is 2.29 bits per heavy atom. The van der Waals surface area contributed by atoms with Gasteiger partial charge in [-0.1, -0.05) is 0 Å². The first-order valence-electron chi connectivity index (χ1n) is 6.97. The van der Waals surface area contributed by atoms with Gasteiger partial charge in [0.15, 0.2) is 0 Å². The van der Waals surface area contributed by atoms with Crippen molar-refractivity contribution in [2.24, 2.45) is 0 Å². The summed E-state index contributed by atoms with van der Waals surface area (Å²) in [4.78, 5) is 0. The Labute approximate surface area is 122 Å². The average molecular weight is 304 g/mol. The van der Waals surface area contributed by atoms with Crippen LogP contribution in [0.25, 0.3) is 0 Å². The molecule has 1 fully saturated rings. The summed E-state index contributed by atoms with van der Waals surface area (Å²) in [6, 6.07) is 2.54. The van der Waals surface area contributed by atoms with Crippen molar-refractivity contribution in [3.05, 3.63) is 23.3 Å². The number of piperidine rings is 1. The predicted octanol–water partition coefficient (Wildman–Crippen LogP) is 2.34. The Morgan fingerprint density at radius 1 is 1.14 bits per heavy atom. The maximum atomic E-state index is 13.1. The van der Waals surface area contributed by atoms with Crippen LogP contribution in [0.15, 0.2) is 12.1 Å². The lowest BCUT2D eigenvalue weighted by Gasteiger charge is -2.33. The van der Waals surface area contributed by atoms with Crippen LogP contribution in [0, 0.1) is 0 Å². The minimum absolute atomic E-state index is 0.148. The summed E-state index contributed by atoms with van der Waals surface area (Å²) in [6.07, 6.45) is -2.51. The molecule has 0 aromatic heterocycles. The predicted molar refractivity (Wildman–Crippen MR) is 72.8 cm³/mol. The van der Waals surface area contributed by atoms with E-state index in [4.69, 9.17) is 9.47 Å². The molecule has 2 rings (SSSR count). The normalized spacial score (nSPS) is 23.0. The number of ether oxygens (including phenoxy) is 2. The minimum Gasteiger partial charge on any atom is -0.496 e. The second-order valence-electron chi connectivity index (χ2n) is 5.70. The van der Waals surface area contributed by atoms with E-state index >= 15 is 0 Å². The highest BCUT2D eigenvalue weighted by Crippen LogP contribution is 2.44. The largest absolute Gasteiger partial charge is 0.496 e. The standard InChI is InChI=1S/C15H20F3NO2/c1-14(5-4-6-19-9-14)10-7-13(21-3)11(15(16,17)18)8-12(10)20-2/h7-8,19H,4-6,9H2,1-3H3/p+1. The van der Waals surface area contributed by atoms with Crippen LogP contribution in [0.1, 0.15) is 30.9 Å². The number of hydrogen-bond acceptors (Lipinski definition) is 2. The third kappa shape index (κ3) is 3.10. The maximum absolute atomic E-state index is 13.1. The van der Waals surface area contributed by atoms with Gasteiger partial charge in [0, 0.05) is 11.0 Å². The summed E-state index contributed by atoms with van der Waals surface area (Å²) in [5.74, 6) is 0.131. The van der Waals surface area contributed by atoms with E-state index in [-0.39, 0.29) is 16.9 Å². The summed E-state index contributed by atoms with van der Waals surface area (Å²) < 4.78 is 49.4. The van der Waals surface area contributed by atoms with Crippen LogP contribution >= 0.6 is 0 Å². The second-order valence-corrected chi connectivity index (χ2v) is 5.70. The van der Waals surface area contributed by atoms with Gasteiger partial charge in [0.1, 0.15) is 17.1 Å². The van der Waals surface area contributed by atoms with Gasteiger partial charge in [0.05, 0.1) is 27.3 Å². The van der Waals surface area contributed by atoms with E-state index in [2.05, 4.69) is 12.2 Å². The molecule has 1 saturated heterocycles. The molecule has 6 heteroatoms. The van der Waals surface area contributed by atoms with Gasteiger partial charge in [0.2, 0.25) is 0 Å². The first-order chi connectivity index (χ1) is 9.81. The van der Waals surface area contributed by atoms with E-state index < -0.39 is 11.7 Å². The van der Waals surface area contributed by atoms with Crippen LogP contribution in [0.3, 0.4) is 0 Å². The molecule has 2 N–H and O–H groups in total. The molecule has 21 heavy (non-hydrogen) atoms. The van der Waals surface area contributed by atoms with Gasteiger partial charge in [-0.25, -0.2) is 0 Å². The number of quaternary nitrogens is 1. The average Bonchev–Trinajstić information content (AvgIpc) is 2.45. The highest BCUT2D eigenvalue weighted by Gasteiger charge is 2.39. The van der Waals surface area contributed by atoms with Crippen LogP contribution < -0.4 is 14.8 Å². The number of rotatable bonds is 3. The zero-order chi connectivity index (χ0) is 15.7. The van der Waals surface area contributed by atoms with E-state index in [0.29, 0.717) is 0 Å². The summed E-state index contributed by atoms with van der Waals surface area (Å²) in [5, 5.41) is 2.19. The number of alkyl halides is 3. The van der Waals surface area contributed by atoms with Crippen LogP contribution in [-0.4, -0.2) is 27.3 Å². The Bertz CT molecular complexity index is 508. The molecule has 0 radical (unpaired) electrons. The van der Waals surface area contributed by atoms with Gasteiger partial charge >= 0.3 is 6.18 Å². The van der Waals surface area contributed by atoms with Gasteiger partial charge < -0.3 is 14.8 Å². The molecule has 1 heterocycles. The highest BCUT2D eigenvalue weighted by atomic mass is 19.4. The van der Waals surface area contributed by atoms with Gasteiger partial charge in [-0.05, 0) is 31.9 Å². The van der Waals surface area contributed by atoms with Gasteiger partial charge in [-0.3, -0.25) is 0 Å². The molecule has 1 atom stereocenters. The van der Waals surface area contributed by atoms with Crippen molar-refractivity contribution in [1.29, 1.82) is 0 Å². The fourth-order valence-electron chi connectivity index (χ4n) is 2.99. The Kier molecular flexibility index (Phi) is 4.37. The van der Waals surface area contributed by atoms with Gasteiger partial charge in [-0.15, -0.1) is 0 Å². The van der Waals surface area contributed by atoms with Crippen molar-refractivity contribution in [2.45, 2.75) is 31.4 Å². The molecular weight excluding hydrogens is 283 g/mol. The third-order valence-corrected chi connectivity index (χ3v) is 4.21. The van der Waals surface area contributed by atoms with Crippen molar-refractivity contribution in [1.82, 2.24) is 0 Å². The minimum atomic E-state index is -4.46. The van der Waals surface area contributed by atoms with Crippen LogP contribution in [0.4, 0.5) is 13.2 Å². The maximum Gasteiger partial charge on any atom is 0.420 e. The Balaban J connectivity index is 2.56. The molecule has 0 bridgehead atoms. The van der Waals surface area contributed by atoms with Crippen LogP contribution in [-0.2, 0) is 11.6 Å². The zero-order valence-electron chi connectivity index (χ0n) is 12.5. The highest BCUT2D eigenvalue weighted by molar-refractivity contribution is 5.51. The SMILES string of the molecule is COc1cc(C2(C)CCC[NH2+]C2)c(OC)cc1C(F)(F)F. The first-order valence-corrected chi connectivity index (χ1v) is 6.97. The Hall–Kier alpha value is -1.43. The first kappa shape index (κ1) is 15.9. The summed E-state index contributed by atoms with van der Waals surface area (Å²) >= 11 is 0. The number of methoxy groups -OCH3 is 2. The van der Waals surface area contributed by atoms with Crippen LogP contribution in [0.2, 0.25) is 0 Å². The third-order valence-electron chi connectivity index (χ3n) is 4.21. The fraction of sp³-hybridized carbons (Fsp3) is 0.600. The molecule has 1 aromatic rings. The van der Waals surface area contributed by atoms with E-state index in [1.165, 1.54) is 20.3 Å². The lowest BCUT2D eigenvalue weighted by Crippen LogP contribution is -2.89. The van der Waals surface area contributed by atoms with E-state index in [0.717, 1.165) is 37.6 Å². The molecule has 0 amide bonds. The molecule has 0 aliphatic carbocycles. The van der Waals surface area contributed by atoms with Crippen molar-refractivity contribution < 1.29 is 28.0 Å². The molecule has 3 nitrogen and oxygen atoms in total. The Morgan fingerprint density at radius 2 is 1.81 bits per heavy atom. The summed E-state index contributed by atoms with van der Waals surface area (Å²) in [5.41, 5.74) is -0.221. The monoisotopic (exact) mass is 304 g/mol. The molecular formula is C15H21F3NO2+. The van der Waals surface area contributed by atoms with Crippen molar-refractivity contribution in [3.63, 3.8) is 0 Å². The topological polar surface area (TPSA) is 35.1 Å². The number of benzene rings is 1. The van der Waals surface area contributed by atoms with Crippen molar-refractivity contribution >= 4 is 0 Å². The van der Waals surface area contributed by atoms with Gasteiger partial charge in [0.25, 0.3) is 0 Å². The molecule has 0 spiro atoms. The summed E-state index contributed by atoms with van der Waals surface area (Å²) in [6.45, 7) is 3.95. The van der Waals surface area contributed by atoms with E-state index in [1.807, 2.05) is 0 Å². The fourth-order valence-corrected chi connectivity index (χ4v) is 2.99. The molecule has 1 unspecified atom stereocenters. The van der Waals surface area contributed by atoms with Crippen LogP contribution in [0.5, 0.6) is 11.5 Å². The lowest BCUT2D eigenvalue weighted by molar-refractivity contribution is -0.670. The van der Waals surface area contributed by atoms with E-state index in [9.17, 15) is 13.2 Å². The second kappa shape index (κ2) is 5.75. The van der Waals surface area contributed by atoms with Crippen molar-refractivity contribution in [3.8, 4) is 11.5 Å². The molecule has 1 aliphatic rings. The molecule has 0 saturated carbocycles. The molecule has 1 aromatic carbocycles. The number of nitrogens with two attached hydrogens (primary N) is 1. The lowest BCUT2D eigenvalue weighted by atomic mass is 9.75. The molecule has 118 valence electrons. The number of hydrogen-bond donors (Lipinski definition) is 1. The van der Waals surface area contributed by atoms with E-state index in [1.54, 1.807) is 0 Å². The van der Waals surface area contributed by atoms with Gasteiger partial charge in [-0.2, -0.15) is 13.2 Å². The summed E-state index contributed by atoms with van der Waals surface area (Å²) in [7, 11) is 2.66. The zero-order valence-corrected chi connectivity index (χ0v) is 12.5. The smallest absolute Gasteiger partial charge is 0.420 e. The number of halogens is 3. The molecule has 1 aliphatic heterocycles. The quantitative estimate of drug-likeness (QED) is 0.930.